The van der Waals surface area contributed by atoms with Crippen LogP contribution in [0, 0.1) is 5.82 Å². The molecule has 1 heterocycles. The Bertz CT molecular complexity index is 376. The maximum absolute atomic E-state index is 13.0. The van der Waals surface area contributed by atoms with Crippen molar-refractivity contribution in [3.8, 4) is 0 Å². The zero-order valence-corrected chi connectivity index (χ0v) is 11.3. The van der Waals surface area contributed by atoms with Crippen LogP contribution in [0.1, 0.15) is 37.9 Å². The molecule has 1 aromatic carbocycles. The van der Waals surface area contributed by atoms with Crippen molar-refractivity contribution in [2.24, 2.45) is 5.73 Å². The molecule has 2 atom stereocenters. The van der Waals surface area contributed by atoms with Crippen molar-refractivity contribution in [3.63, 3.8) is 0 Å². The highest BCUT2D eigenvalue weighted by Crippen LogP contribution is 2.26. The molecule has 3 nitrogen and oxygen atoms in total. The van der Waals surface area contributed by atoms with Crippen LogP contribution in [0.15, 0.2) is 24.3 Å². The lowest BCUT2D eigenvalue weighted by atomic mass is 10.00. The molecule has 0 saturated carbocycles. The van der Waals surface area contributed by atoms with Crippen molar-refractivity contribution in [1.29, 1.82) is 0 Å². The van der Waals surface area contributed by atoms with E-state index in [0.29, 0.717) is 0 Å². The van der Waals surface area contributed by atoms with E-state index >= 15 is 0 Å². The van der Waals surface area contributed by atoms with Gasteiger partial charge in [0.05, 0.1) is 12.2 Å². The van der Waals surface area contributed by atoms with E-state index in [9.17, 15) is 4.39 Å². The third-order valence-electron chi connectivity index (χ3n) is 3.57. The maximum atomic E-state index is 13.0. The summed E-state index contributed by atoms with van der Waals surface area (Å²) >= 11 is 0. The minimum Gasteiger partial charge on any atom is -0.381 e. The van der Waals surface area contributed by atoms with Gasteiger partial charge in [0.25, 0.3) is 0 Å². The van der Waals surface area contributed by atoms with Crippen LogP contribution < -0.4 is 5.73 Å². The first-order chi connectivity index (χ1) is 9.20. The largest absolute Gasteiger partial charge is 0.381 e. The van der Waals surface area contributed by atoms with E-state index in [4.69, 9.17) is 15.2 Å². The van der Waals surface area contributed by atoms with Crippen molar-refractivity contribution in [3.05, 3.63) is 35.6 Å². The summed E-state index contributed by atoms with van der Waals surface area (Å²) in [7, 11) is 0. The minimum absolute atomic E-state index is 0.0756. The third-order valence-corrected chi connectivity index (χ3v) is 3.57. The summed E-state index contributed by atoms with van der Waals surface area (Å²) in [6.07, 6.45) is 2.63. The van der Waals surface area contributed by atoms with Gasteiger partial charge < -0.3 is 15.2 Å². The van der Waals surface area contributed by atoms with Crippen molar-refractivity contribution >= 4 is 0 Å². The summed E-state index contributed by atoms with van der Waals surface area (Å²) in [5.41, 5.74) is 7.10. The highest BCUT2D eigenvalue weighted by atomic mass is 19.1. The van der Waals surface area contributed by atoms with Gasteiger partial charge >= 0.3 is 0 Å². The Morgan fingerprint density at radius 2 is 1.95 bits per heavy atom. The van der Waals surface area contributed by atoms with Crippen LogP contribution >= 0.6 is 0 Å². The zero-order chi connectivity index (χ0) is 13.7. The molecule has 2 unspecified atom stereocenters. The molecule has 19 heavy (non-hydrogen) atoms. The van der Waals surface area contributed by atoms with E-state index in [1.54, 1.807) is 12.1 Å². The van der Waals surface area contributed by atoms with Gasteiger partial charge in [-0.3, -0.25) is 0 Å². The Hall–Kier alpha value is -0.970. The molecule has 0 aromatic heterocycles. The SMILES string of the molecule is CCC(N)C(OC1CCOCC1)c1ccc(F)cc1. The van der Waals surface area contributed by atoms with Gasteiger partial charge in [-0.15, -0.1) is 0 Å². The Balaban J connectivity index is 2.08. The maximum Gasteiger partial charge on any atom is 0.123 e. The Kier molecular flexibility index (Phi) is 5.31. The molecular weight excluding hydrogens is 245 g/mol. The standard InChI is InChI=1S/C15H22FNO2/c1-2-14(17)15(11-3-5-12(16)6-4-11)19-13-7-9-18-10-8-13/h3-6,13-15H,2,7-10,17H2,1H3. The topological polar surface area (TPSA) is 44.5 Å². The van der Waals surface area contributed by atoms with Crippen LogP contribution in [0.2, 0.25) is 0 Å². The van der Waals surface area contributed by atoms with E-state index in [-0.39, 0.29) is 24.1 Å². The molecule has 106 valence electrons. The number of ether oxygens (including phenoxy) is 2. The summed E-state index contributed by atoms with van der Waals surface area (Å²) in [6.45, 7) is 3.51. The van der Waals surface area contributed by atoms with Gasteiger partial charge in [0.2, 0.25) is 0 Å². The van der Waals surface area contributed by atoms with Gasteiger partial charge in [-0.25, -0.2) is 4.39 Å². The first kappa shape index (κ1) is 14.4. The fourth-order valence-corrected chi connectivity index (χ4v) is 2.31. The predicted molar refractivity (Wildman–Crippen MR) is 72.3 cm³/mol. The monoisotopic (exact) mass is 267 g/mol. The average Bonchev–Trinajstić information content (AvgIpc) is 2.46. The molecule has 0 spiro atoms. The van der Waals surface area contributed by atoms with Crippen molar-refractivity contribution in [2.75, 3.05) is 13.2 Å². The summed E-state index contributed by atoms with van der Waals surface area (Å²) in [5, 5.41) is 0. The highest BCUT2D eigenvalue weighted by Gasteiger charge is 2.24. The molecule has 1 saturated heterocycles. The predicted octanol–water partition coefficient (Wildman–Crippen LogP) is 2.80. The molecule has 0 amide bonds. The second-order valence-corrected chi connectivity index (χ2v) is 4.99. The molecule has 0 aliphatic carbocycles. The molecule has 1 aromatic rings. The molecule has 0 radical (unpaired) electrons. The number of benzene rings is 1. The van der Waals surface area contributed by atoms with Crippen LogP contribution in [0.25, 0.3) is 0 Å². The molecule has 1 aliphatic rings. The minimum atomic E-state index is -0.237. The Labute approximate surface area is 113 Å². The summed E-state index contributed by atoms with van der Waals surface area (Å²) in [4.78, 5) is 0. The first-order valence-corrected chi connectivity index (χ1v) is 6.95. The van der Waals surface area contributed by atoms with Crippen LogP contribution in [-0.2, 0) is 9.47 Å². The quantitative estimate of drug-likeness (QED) is 0.892. The van der Waals surface area contributed by atoms with Gasteiger partial charge in [-0.2, -0.15) is 0 Å². The first-order valence-electron chi connectivity index (χ1n) is 6.95. The summed E-state index contributed by atoms with van der Waals surface area (Å²) < 4.78 is 24.5. The Morgan fingerprint density at radius 3 is 2.53 bits per heavy atom. The zero-order valence-electron chi connectivity index (χ0n) is 11.3. The lowest BCUT2D eigenvalue weighted by Crippen LogP contribution is -2.34. The number of hydrogen-bond donors (Lipinski definition) is 1. The van der Waals surface area contributed by atoms with Gasteiger partial charge in [0.1, 0.15) is 5.82 Å². The fraction of sp³-hybridized carbons (Fsp3) is 0.600. The summed E-state index contributed by atoms with van der Waals surface area (Å²) in [5.74, 6) is -0.237. The molecule has 4 heteroatoms. The van der Waals surface area contributed by atoms with Gasteiger partial charge in [0, 0.05) is 19.3 Å². The van der Waals surface area contributed by atoms with E-state index < -0.39 is 0 Å². The van der Waals surface area contributed by atoms with Gasteiger partial charge in [-0.1, -0.05) is 19.1 Å². The summed E-state index contributed by atoms with van der Waals surface area (Å²) in [6, 6.07) is 6.35. The van der Waals surface area contributed by atoms with Crippen LogP contribution in [0.5, 0.6) is 0 Å². The van der Waals surface area contributed by atoms with Crippen molar-refractivity contribution in [2.45, 2.75) is 44.4 Å². The second kappa shape index (κ2) is 6.98. The van der Waals surface area contributed by atoms with Crippen molar-refractivity contribution < 1.29 is 13.9 Å². The Morgan fingerprint density at radius 1 is 1.32 bits per heavy atom. The van der Waals surface area contributed by atoms with E-state index in [1.165, 1.54) is 12.1 Å². The van der Waals surface area contributed by atoms with Crippen LogP contribution in [0.4, 0.5) is 4.39 Å². The lowest BCUT2D eigenvalue weighted by Gasteiger charge is -2.31. The van der Waals surface area contributed by atoms with Gasteiger partial charge in [0.15, 0.2) is 0 Å². The molecule has 0 bridgehead atoms. The lowest BCUT2D eigenvalue weighted by molar-refractivity contribution is -0.0778. The fourth-order valence-electron chi connectivity index (χ4n) is 2.31. The van der Waals surface area contributed by atoms with Gasteiger partial charge in [-0.05, 0) is 37.0 Å². The van der Waals surface area contributed by atoms with E-state index in [2.05, 4.69) is 0 Å². The molecule has 1 aliphatic heterocycles. The van der Waals surface area contributed by atoms with E-state index in [0.717, 1.165) is 38.0 Å². The number of rotatable bonds is 5. The number of halogens is 1. The second-order valence-electron chi connectivity index (χ2n) is 4.99. The number of nitrogens with two attached hydrogens (primary N) is 1. The normalized spacial score (nSPS) is 20.2. The third kappa shape index (κ3) is 4.00. The van der Waals surface area contributed by atoms with Crippen molar-refractivity contribution in [1.82, 2.24) is 0 Å². The number of hydrogen-bond acceptors (Lipinski definition) is 3. The highest BCUT2D eigenvalue weighted by molar-refractivity contribution is 5.20. The van der Waals surface area contributed by atoms with Crippen LogP contribution in [-0.4, -0.2) is 25.4 Å². The molecule has 2 rings (SSSR count). The molecule has 1 fully saturated rings. The average molecular weight is 267 g/mol. The van der Waals surface area contributed by atoms with Crippen LogP contribution in [0.3, 0.4) is 0 Å². The molecule has 2 N–H and O–H groups in total. The smallest absolute Gasteiger partial charge is 0.123 e. The van der Waals surface area contributed by atoms with E-state index in [1.807, 2.05) is 6.92 Å². The molecular formula is C15H22FNO2.